The maximum absolute atomic E-state index is 13.9. The quantitative estimate of drug-likeness (QED) is 0.613. The molecule has 0 fully saturated rings. The van der Waals surface area contributed by atoms with Crippen LogP contribution in [0.25, 0.3) is 5.57 Å². The van der Waals surface area contributed by atoms with Crippen molar-refractivity contribution in [2.24, 2.45) is 10.7 Å². The number of carbonyl (C=O) groups excluding carboxylic acids is 1. The summed E-state index contributed by atoms with van der Waals surface area (Å²) in [6.07, 6.45) is 1.01. The van der Waals surface area contributed by atoms with Crippen molar-refractivity contribution >= 4 is 23.4 Å². The van der Waals surface area contributed by atoms with Gasteiger partial charge in [0.2, 0.25) is 0 Å². The molecule has 0 atom stereocenters. The standard InChI is InChI=1S/C19H18F3N3O/c1-11-4-3-5-16(20)17(11)18(26)25-14-8-6-13(7-9-14)15(12(2)23)10-24-19(21)22/h3-10,19H,23H2,1-2H3,(H,25,26). The third kappa shape index (κ3) is 4.72. The number of benzene rings is 2. The van der Waals surface area contributed by atoms with Gasteiger partial charge in [0.15, 0.2) is 0 Å². The largest absolute Gasteiger partial charge is 0.402 e. The topological polar surface area (TPSA) is 67.5 Å². The predicted octanol–water partition coefficient (Wildman–Crippen LogP) is 4.37. The van der Waals surface area contributed by atoms with E-state index >= 15 is 0 Å². The Morgan fingerprint density at radius 2 is 1.85 bits per heavy atom. The number of amides is 1. The number of nitrogens with zero attached hydrogens (tertiary/aromatic N) is 1. The molecule has 4 nitrogen and oxygen atoms in total. The predicted molar refractivity (Wildman–Crippen MR) is 96.8 cm³/mol. The summed E-state index contributed by atoms with van der Waals surface area (Å²) in [6.45, 7) is 0.389. The minimum atomic E-state index is -2.83. The van der Waals surface area contributed by atoms with Gasteiger partial charge in [-0.05, 0) is 43.2 Å². The van der Waals surface area contributed by atoms with Crippen LogP contribution < -0.4 is 11.1 Å². The minimum absolute atomic E-state index is 0.0287. The molecule has 0 spiro atoms. The van der Waals surface area contributed by atoms with E-state index in [1.807, 2.05) is 0 Å². The van der Waals surface area contributed by atoms with Crippen molar-refractivity contribution in [1.29, 1.82) is 0 Å². The molecule has 136 valence electrons. The Kier molecular flexibility index (Phi) is 6.16. The molecule has 0 bridgehead atoms. The summed E-state index contributed by atoms with van der Waals surface area (Å²) in [5.41, 5.74) is 7.88. The molecule has 0 aliphatic heterocycles. The maximum Gasteiger partial charge on any atom is 0.331 e. The molecular weight excluding hydrogens is 343 g/mol. The zero-order valence-electron chi connectivity index (χ0n) is 14.3. The van der Waals surface area contributed by atoms with Crippen molar-refractivity contribution in [3.05, 3.63) is 70.7 Å². The van der Waals surface area contributed by atoms with Gasteiger partial charge >= 0.3 is 6.55 Å². The van der Waals surface area contributed by atoms with Gasteiger partial charge in [0.25, 0.3) is 5.91 Å². The Morgan fingerprint density at radius 3 is 2.38 bits per heavy atom. The summed E-state index contributed by atoms with van der Waals surface area (Å²) < 4.78 is 38.4. The van der Waals surface area contributed by atoms with E-state index in [1.54, 1.807) is 44.2 Å². The van der Waals surface area contributed by atoms with Gasteiger partial charge in [-0.1, -0.05) is 24.3 Å². The first-order valence-corrected chi connectivity index (χ1v) is 7.74. The van der Waals surface area contributed by atoms with Crippen LogP contribution >= 0.6 is 0 Å². The number of aryl methyl sites for hydroxylation is 1. The summed E-state index contributed by atoms with van der Waals surface area (Å²) in [7, 11) is 0. The van der Waals surface area contributed by atoms with Crippen molar-refractivity contribution in [2.45, 2.75) is 20.4 Å². The van der Waals surface area contributed by atoms with Crippen LogP contribution in [0.1, 0.15) is 28.4 Å². The van der Waals surface area contributed by atoms with E-state index in [4.69, 9.17) is 5.73 Å². The molecule has 26 heavy (non-hydrogen) atoms. The highest BCUT2D eigenvalue weighted by atomic mass is 19.3. The fraction of sp³-hybridized carbons (Fsp3) is 0.158. The van der Waals surface area contributed by atoms with Gasteiger partial charge in [0, 0.05) is 23.2 Å². The highest BCUT2D eigenvalue weighted by molar-refractivity contribution is 6.11. The van der Waals surface area contributed by atoms with Crippen LogP contribution in [0.3, 0.4) is 0 Å². The van der Waals surface area contributed by atoms with Gasteiger partial charge in [0.1, 0.15) is 5.82 Å². The first-order valence-electron chi connectivity index (χ1n) is 7.74. The van der Waals surface area contributed by atoms with E-state index < -0.39 is 18.3 Å². The van der Waals surface area contributed by atoms with Crippen molar-refractivity contribution in [2.75, 3.05) is 5.32 Å². The summed E-state index contributed by atoms with van der Waals surface area (Å²) in [5.74, 6) is -1.18. The van der Waals surface area contributed by atoms with Crippen molar-refractivity contribution in [3.63, 3.8) is 0 Å². The van der Waals surface area contributed by atoms with Gasteiger partial charge in [-0.2, -0.15) is 8.78 Å². The lowest BCUT2D eigenvalue weighted by atomic mass is 10.0. The second kappa shape index (κ2) is 8.33. The Labute approximate surface area is 149 Å². The lowest BCUT2D eigenvalue weighted by molar-refractivity contribution is 0.102. The summed E-state index contributed by atoms with van der Waals surface area (Å²) in [6, 6.07) is 10.7. The Hall–Kier alpha value is -3.09. The monoisotopic (exact) mass is 361 g/mol. The van der Waals surface area contributed by atoms with E-state index in [9.17, 15) is 18.0 Å². The molecular formula is C19H18F3N3O. The van der Waals surface area contributed by atoms with Gasteiger partial charge in [-0.15, -0.1) is 0 Å². The average molecular weight is 361 g/mol. The molecule has 3 N–H and O–H groups in total. The molecule has 0 aromatic heterocycles. The SMILES string of the molecule is CC(N)=C(C=NC(F)F)c1ccc(NC(=O)c2c(C)cccc2F)cc1. The number of nitrogens with two attached hydrogens (primary N) is 1. The first kappa shape index (κ1) is 19.2. The number of hydrogen-bond acceptors (Lipinski definition) is 3. The van der Waals surface area contributed by atoms with Crippen LogP contribution in [-0.4, -0.2) is 18.7 Å². The van der Waals surface area contributed by atoms with Crippen LogP contribution in [0.5, 0.6) is 0 Å². The second-order valence-corrected chi connectivity index (χ2v) is 5.62. The Bertz CT molecular complexity index is 835. The van der Waals surface area contributed by atoms with Crippen molar-refractivity contribution in [3.8, 4) is 0 Å². The number of anilines is 1. The summed E-state index contributed by atoms with van der Waals surface area (Å²) in [4.78, 5) is 15.3. The molecule has 0 aliphatic rings. The first-order chi connectivity index (χ1) is 12.3. The molecule has 1 amide bonds. The molecule has 0 aliphatic carbocycles. The molecule has 7 heteroatoms. The van der Waals surface area contributed by atoms with E-state index in [-0.39, 0.29) is 5.56 Å². The van der Waals surface area contributed by atoms with E-state index in [0.29, 0.717) is 28.1 Å². The molecule has 0 unspecified atom stereocenters. The molecule has 2 aromatic carbocycles. The number of carbonyl (C=O) groups is 1. The molecule has 2 rings (SSSR count). The highest BCUT2D eigenvalue weighted by Gasteiger charge is 2.14. The smallest absolute Gasteiger partial charge is 0.331 e. The van der Waals surface area contributed by atoms with Gasteiger partial charge in [0.05, 0.1) is 5.56 Å². The number of rotatable bonds is 5. The third-order valence-corrected chi connectivity index (χ3v) is 3.64. The van der Waals surface area contributed by atoms with Gasteiger partial charge in [-0.25, -0.2) is 9.38 Å². The minimum Gasteiger partial charge on any atom is -0.402 e. The number of halogens is 3. The van der Waals surface area contributed by atoms with Crippen LogP contribution in [-0.2, 0) is 0 Å². The number of allylic oxidation sites excluding steroid dienone is 2. The van der Waals surface area contributed by atoms with Crippen LogP contribution in [0, 0.1) is 12.7 Å². The van der Waals surface area contributed by atoms with Crippen LogP contribution in [0.2, 0.25) is 0 Å². The van der Waals surface area contributed by atoms with Gasteiger partial charge < -0.3 is 11.1 Å². The molecule has 0 saturated carbocycles. The van der Waals surface area contributed by atoms with Gasteiger partial charge in [-0.3, -0.25) is 4.79 Å². The fourth-order valence-electron chi connectivity index (χ4n) is 2.38. The van der Waals surface area contributed by atoms with E-state index in [2.05, 4.69) is 10.3 Å². The molecule has 0 heterocycles. The second-order valence-electron chi connectivity index (χ2n) is 5.62. The zero-order chi connectivity index (χ0) is 19.3. The number of alkyl halides is 2. The van der Waals surface area contributed by atoms with Crippen molar-refractivity contribution < 1.29 is 18.0 Å². The average Bonchev–Trinajstić information content (AvgIpc) is 2.55. The van der Waals surface area contributed by atoms with E-state index in [0.717, 1.165) is 6.21 Å². The lowest BCUT2D eigenvalue weighted by Crippen LogP contribution is -2.15. The van der Waals surface area contributed by atoms with Crippen molar-refractivity contribution in [1.82, 2.24) is 0 Å². The molecule has 2 aromatic rings. The Morgan fingerprint density at radius 1 is 1.19 bits per heavy atom. The summed E-state index contributed by atoms with van der Waals surface area (Å²) in [5, 5.41) is 2.61. The van der Waals surface area contributed by atoms with Crippen LogP contribution in [0.4, 0.5) is 18.9 Å². The van der Waals surface area contributed by atoms with Crippen LogP contribution in [0.15, 0.2) is 53.2 Å². The number of hydrogen-bond donors (Lipinski definition) is 2. The van der Waals surface area contributed by atoms with E-state index in [1.165, 1.54) is 12.1 Å². The highest BCUT2D eigenvalue weighted by Crippen LogP contribution is 2.20. The lowest BCUT2D eigenvalue weighted by Gasteiger charge is -2.10. The Balaban J connectivity index is 2.22. The fourth-order valence-corrected chi connectivity index (χ4v) is 2.38. The molecule has 0 saturated heterocycles. The maximum atomic E-state index is 13.9. The third-order valence-electron chi connectivity index (χ3n) is 3.64. The summed E-state index contributed by atoms with van der Waals surface area (Å²) >= 11 is 0. The molecule has 0 radical (unpaired) electrons. The normalized spacial score (nSPS) is 12.4. The number of nitrogens with one attached hydrogen (secondary N) is 1. The number of aliphatic imine (C=N–C) groups is 1. The zero-order valence-corrected chi connectivity index (χ0v) is 14.3.